The van der Waals surface area contributed by atoms with Gasteiger partial charge in [-0.25, -0.2) is 4.79 Å². The highest BCUT2D eigenvalue weighted by molar-refractivity contribution is 9.10. The fourth-order valence-electron chi connectivity index (χ4n) is 2.53. The maximum absolute atomic E-state index is 12.1. The second-order valence-corrected chi connectivity index (χ2v) is 6.80. The Kier molecular flexibility index (Phi) is 4.82. The predicted molar refractivity (Wildman–Crippen MR) is 95.1 cm³/mol. The average Bonchev–Trinajstić information content (AvgIpc) is 2.99. The van der Waals surface area contributed by atoms with Crippen molar-refractivity contribution in [2.45, 2.75) is 12.8 Å². The fourth-order valence-corrected chi connectivity index (χ4v) is 3.32. The van der Waals surface area contributed by atoms with Gasteiger partial charge < -0.3 is 9.57 Å². The zero-order valence-electron chi connectivity index (χ0n) is 12.3. The van der Waals surface area contributed by atoms with Crippen LogP contribution in [0.5, 0.6) is 5.75 Å². The minimum absolute atomic E-state index is 0.456. The first-order valence-electron chi connectivity index (χ1n) is 6.99. The van der Waals surface area contributed by atoms with Crippen molar-refractivity contribution in [1.82, 2.24) is 0 Å². The lowest BCUT2D eigenvalue weighted by Gasteiger charge is -2.09. The molecule has 0 saturated carbocycles. The summed E-state index contributed by atoms with van der Waals surface area (Å²) in [5.41, 5.74) is 3.22. The highest BCUT2D eigenvalue weighted by Gasteiger charge is 2.25. The van der Waals surface area contributed by atoms with Gasteiger partial charge >= 0.3 is 5.97 Å². The number of methoxy groups -OCH3 is 1. The quantitative estimate of drug-likeness (QED) is 0.514. The van der Waals surface area contributed by atoms with Crippen LogP contribution in [0.2, 0.25) is 0 Å². The van der Waals surface area contributed by atoms with Crippen LogP contribution in [0.3, 0.4) is 0 Å². The van der Waals surface area contributed by atoms with Crippen LogP contribution in [0.25, 0.3) is 0 Å². The minimum atomic E-state index is -0.479. The van der Waals surface area contributed by atoms with Gasteiger partial charge in [-0.3, -0.25) is 0 Å². The van der Waals surface area contributed by atoms with E-state index in [2.05, 4.69) is 37.0 Å². The first-order valence-corrected chi connectivity index (χ1v) is 8.58. The van der Waals surface area contributed by atoms with Crippen molar-refractivity contribution in [3.05, 3.63) is 62.0 Å². The van der Waals surface area contributed by atoms with Crippen LogP contribution in [0.15, 0.2) is 50.5 Å². The molecule has 0 saturated heterocycles. The van der Waals surface area contributed by atoms with E-state index in [1.807, 2.05) is 12.1 Å². The zero-order chi connectivity index (χ0) is 16.4. The van der Waals surface area contributed by atoms with Crippen LogP contribution in [0, 0.1) is 0 Å². The van der Waals surface area contributed by atoms with E-state index in [1.165, 1.54) is 0 Å². The number of ether oxygens (including phenoxy) is 1. The molecule has 4 nitrogen and oxygen atoms in total. The molecule has 0 spiro atoms. The maximum atomic E-state index is 12.1. The Balaban J connectivity index is 1.85. The summed E-state index contributed by atoms with van der Waals surface area (Å²) in [6.07, 6.45) is 1.55. The molecule has 0 fully saturated rings. The maximum Gasteiger partial charge on any atom is 0.365 e. The monoisotopic (exact) mass is 437 g/mol. The molecule has 3 rings (SSSR count). The first-order chi connectivity index (χ1) is 11.1. The van der Waals surface area contributed by atoms with Crippen LogP contribution >= 0.6 is 31.9 Å². The number of hydrogen-bond donors (Lipinski definition) is 0. The van der Waals surface area contributed by atoms with Crippen molar-refractivity contribution in [3.63, 3.8) is 0 Å². The molecule has 0 aromatic heterocycles. The third kappa shape index (κ3) is 3.33. The lowest BCUT2D eigenvalue weighted by atomic mass is 10.1. The molecule has 0 atom stereocenters. The zero-order valence-corrected chi connectivity index (χ0v) is 15.5. The van der Waals surface area contributed by atoms with Gasteiger partial charge in [0.1, 0.15) is 5.75 Å². The molecule has 1 aliphatic rings. The van der Waals surface area contributed by atoms with E-state index in [0.29, 0.717) is 12.0 Å². The lowest BCUT2D eigenvalue weighted by Crippen LogP contribution is -2.05. The molecule has 118 valence electrons. The number of rotatable bonds is 3. The summed E-state index contributed by atoms with van der Waals surface area (Å²) in [5, 5.41) is 4.07. The van der Waals surface area contributed by atoms with Crippen molar-refractivity contribution in [3.8, 4) is 5.75 Å². The molecule has 0 aliphatic heterocycles. The number of carbonyl (C=O) groups is 1. The Bertz CT molecular complexity index is 785. The van der Waals surface area contributed by atoms with E-state index in [0.717, 1.165) is 38.0 Å². The van der Waals surface area contributed by atoms with Gasteiger partial charge in [0.2, 0.25) is 0 Å². The van der Waals surface area contributed by atoms with Crippen LogP contribution in [0.1, 0.15) is 27.9 Å². The SMILES string of the molecule is COc1ccc(Br)c2c1/C(=N\OC(=O)c1ccc(Br)cc1)CC2. The predicted octanol–water partition coefficient (Wildman–Crippen LogP) is 4.73. The molecular formula is C17H13Br2NO3. The molecule has 2 aromatic rings. The molecule has 2 aromatic carbocycles. The van der Waals surface area contributed by atoms with Crippen LogP contribution in [0.4, 0.5) is 0 Å². The van der Waals surface area contributed by atoms with Crippen molar-refractivity contribution in [2.75, 3.05) is 7.11 Å². The first kappa shape index (κ1) is 16.2. The Labute approximate surface area is 150 Å². The minimum Gasteiger partial charge on any atom is -0.496 e. The number of hydrogen-bond acceptors (Lipinski definition) is 4. The number of oxime groups is 1. The van der Waals surface area contributed by atoms with Gasteiger partial charge in [-0.2, -0.15) is 0 Å². The number of fused-ring (bicyclic) bond motifs is 1. The third-order valence-corrected chi connectivity index (χ3v) is 4.93. The Hall–Kier alpha value is -1.66. The molecule has 0 amide bonds. The van der Waals surface area contributed by atoms with E-state index in [-0.39, 0.29) is 0 Å². The van der Waals surface area contributed by atoms with E-state index >= 15 is 0 Å². The summed E-state index contributed by atoms with van der Waals surface area (Å²) in [6, 6.07) is 10.8. The molecule has 6 heteroatoms. The Morgan fingerprint density at radius 3 is 2.52 bits per heavy atom. The second kappa shape index (κ2) is 6.84. The highest BCUT2D eigenvalue weighted by atomic mass is 79.9. The van der Waals surface area contributed by atoms with Gasteiger partial charge in [0.25, 0.3) is 0 Å². The molecule has 0 heterocycles. The average molecular weight is 439 g/mol. The molecule has 0 N–H and O–H groups in total. The van der Waals surface area contributed by atoms with E-state index in [4.69, 9.17) is 9.57 Å². The van der Waals surface area contributed by atoms with Crippen LogP contribution < -0.4 is 4.74 Å². The third-order valence-electron chi connectivity index (χ3n) is 3.66. The molecule has 0 unspecified atom stereocenters. The normalized spacial score (nSPS) is 14.7. The van der Waals surface area contributed by atoms with Gasteiger partial charge in [-0.15, -0.1) is 0 Å². The summed E-state index contributed by atoms with van der Waals surface area (Å²) < 4.78 is 7.31. The van der Waals surface area contributed by atoms with E-state index in [9.17, 15) is 4.79 Å². The van der Waals surface area contributed by atoms with Crippen LogP contribution in [-0.2, 0) is 11.3 Å². The standard InChI is InChI=1S/C17H13Br2NO3/c1-22-15-9-7-13(19)12-6-8-14(16(12)15)20-23-17(21)10-2-4-11(18)5-3-10/h2-5,7,9H,6,8H2,1H3/b20-14-. The highest BCUT2D eigenvalue weighted by Crippen LogP contribution is 2.36. The smallest absolute Gasteiger partial charge is 0.365 e. The molecule has 1 aliphatic carbocycles. The molecule has 0 bridgehead atoms. The Morgan fingerprint density at radius 2 is 1.83 bits per heavy atom. The van der Waals surface area contributed by atoms with Gasteiger partial charge in [0.15, 0.2) is 0 Å². The van der Waals surface area contributed by atoms with Crippen molar-refractivity contribution in [2.24, 2.45) is 5.16 Å². The number of halogens is 2. The summed E-state index contributed by atoms with van der Waals surface area (Å²) in [5.74, 6) is 0.256. The van der Waals surface area contributed by atoms with Crippen molar-refractivity contribution < 1.29 is 14.4 Å². The van der Waals surface area contributed by atoms with Gasteiger partial charge in [0, 0.05) is 14.5 Å². The molecule has 0 radical (unpaired) electrons. The van der Waals surface area contributed by atoms with Crippen LogP contribution in [-0.4, -0.2) is 18.8 Å². The van der Waals surface area contributed by atoms with Gasteiger partial charge in [-0.1, -0.05) is 37.0 Å². The number of nitrogens with zero attached hydrogens (tertiary/aromatic N) is 1. The largest absolute Gasteiger partial charge is 0.496 e. The van der Waals surface area contributed by atoms with E-state index < -0.39 is 5.97 Å². The fraction of sp³-hybridized carbons (Fsp3) is 0.176. The second-order valence-electron chi connectivity index (χ2n) is 5.03. The Morgan fingerprint density at radius 1 is 1.09 bits per heavy atom. The lowest BCUT2D eigenvalue weighted by molar-refractivity contribution is 0.0516. The van der Waals surface area contributed by atoms with Gasteiger partial charge in [-0.05, 0) is 54.8 Å². The number of benzene rings is 2. The molecular weight excluding hydrogens is 426 g/mol. The summed E-state index contributed by atoms with van der Waals surface area (Å²) in [4.78, 5) is 17.2. The summed E-state index contributed by atoms with van der Waals surface area (Å²) in [6.45, 7) is 0. The van der Waals surface area contributed by atoms with Crippen molar-refractivity contribution in [1.29, 1.82) is 0 Å². The van der Waals surface area contributed by atoms with Crippen molar-refractivity contribution >= 4 is 43.5 Å². The number of carbonyl (C=O) groups excluding carboxylic acids is 1. The van der Waals surface area contributed by atoms with Gasteiger partial charge in [0.05, 0.1) is 18.4 Å². The molecule has 23 heavy (non-hydrogen) atoms. The van der Waals surface area contributed by atoms with E-state index in [1.54, 1.807) is 31.4 Å². The summed E-state index contributed by atoms with van der Waals surface area (Å²) in [7, 11) is 1.62. The topological polar surface area (TPSA) is 47.9 Å². The summed E-state index contributed by atoms with van der Waals surface area (Å²) >= 11 is 6.87.